The minimum absolute atomic E-state index is 0.732. The summed E-state index contributed by atoms with van der Waals surface area (Å²) in [6.07, 6.45) is 3.18. The van der Waals surface area contributed by atoms with Gasteiger partial charge in [-0.15, -0.1) is 0 Å². The lowest BCUT2D eigenvalue weighted by molar-refractivity contribution is 0.902. The van der Waals surface area contributed by atoms with E-state index in [0.717, 1.165) is 17.2 Å². The first-order valence-electron chi connectivity index (χ1n) is 3.88. The Morgan fingerprint density at radius 1 is 1.55 bits per heavy atom. The zero-order chi connectivity index (χ0) is 7.68. The molecule has 1 aliphatic rings. The SMILES string of the molecule is BrCC1CC1c1ccccn1. The van der Waals surface area contributed by atoms with Crippen LogP contribution in [0.25, 0.3) is 0 Å². The number of hydrogen-bond acceptors (Lipinski definition) is 1. The molecule has 58 valence electrons. The van der Waals surface area contributed by atoms with Crippen molar-refractivity contribution in [1.29, 1.82) is 0 Å². The smallest absolute Gasteiger partial charge is 0.0437 e. The first-order chi connectivity index (χ1) is 5.42. The minimum atomic E-state index is 0.732. The van der Waals surface area contributed by atoms with Crippen molar-refractivity contribution in [3.05, 3.63) is 30.1 Å². The summed E-state index contributed by atoms with van der Waals surface area (Å²) in [6, 6.07) is 6.15. The Kier molecular flexibility index (Phi) is 1.95. The van der Waals surface area contributed by atoms with Crippen LogP contribution in [0.5, 0.6) is 0 Å². The highest BCUT2D eigenvalue weighted by Crippen LogP contribution is 2.47. The van der Waals surface area contributed by atoms with Crippen LogP contribution >= 0.6 is 15.9 Å². The van der Waals surface area contributed by atoms with Gasteiger partial charge in [-0.1, -0.05) is 22.0 Å². The molecule has 0 aromatic carbocycles. The Bertz CT molecular complexity index is 235. The second-order valence-electron chi connectivity index (χ2n) is 3.01. The summed E-state index contributed by atoms with van der Waals surface area (Å²) in [4.78, 5) is 4.32. The van der Waals surface area contributed by atoms with Gasteiger partial charge in [0.05, 0.1) is 0 Å². The molecule has 1 heterocycles. The van der Waals surface area contributed by atoms with Crippen LogP contribution in [0, 0.1) is 5.92 Å². The quantitative estimate of drug-likeness (QED) is 0.686. The summed E-state index contributed by atoms with van der Waals surface area (Å²) in [5, 5.41) is 1.12. The molecule has 1 saturated carbocycles. The first-order valence-corrected chi connectivity index (χ1v) is 5.01. The van der Waals surface area contributed by atoms with Gasteiger partial charge >= 0.3 is 0 Å². The van der Waals surface area contributed by atoms with Gasteiger partial charge in [-0.25, -0.2) is 0 Å². The maximum absolute atomic E-state index is 4.32. The van der Waals surface area contributed by atoms with Gasteiger partial charge in [0.1, 0.15) is 0 Å². The fourth-order valence-electron chi connectivity index (χ4n) is 1.38. The van der Waals surface area contributed by atoms with Gasteiger partial charge < -0.3 is 0 Å². The molecule has 2 rings (SSSR count). The van der Waals surface area contributed by atoms with Crippen LogP contribution in [0.3, 0.4) is 0 Å². The zero-order valence-electron chi connectivity index (χ0n) is 6.20. The van der Waals surface area contributed by atoms with E-state index >= 15 is 0 Å². The van der Waals surface area contributed by atoms with Crippen LogP contribution in [0.2, 0.25) is 0 Å². The average molecular weight is 212 g/mol. The highest BCUT2D eigenvalue weighted by Gasteiger charge is 2.37. The summed E-state index contributed by atoms with van der Waals surface area (Å²) in [6.45, 7) is 0. The van der Waals surface area contributed by atoms with E-state index in [-0.39, 0.29) is 0 Å². The summed E-state index contributed by atoms with van der Waals surface area (Å²) in [5.74, 6) is 1.57. The monoisotopic (exact) mass is 211 g/mol. The third kappa shape index (κ3) is 1.45. The summed E-state index contributed by atoms with van der Waals surface area (Å²) < 4.78 is 0. The van der Waals surface area contributed by atoms with Crippen molar-refractivity contribution in [3.63, 3.8) is 0 Å². The van der Waals surface area contributed by atoms with Crippen molar-refractivity contribution in [2.75, 3.05) is 5.33 Å². The van der Waals surface area contributed by atoms with Gasteiger partial charge in [0.25, 0.3) is 0 Å². The molecule has 1 fully saturated rings. The first kappa shape index (κ1) is 7.29. The Balaban J connectivity index is 2.09. The molecule has 0 amide bonds. The maximum Gasteiger partial charge on any atom is 0.0437 e. The van der Waals surface area contributed by atoms with Crippen LogP contribution in [-0.2, 0) is 0 Å². The summed E-state index contributed by atoms with van der Waals surface area (Å²) >= 11 is 3.49. The van der Waals surface area contributed by atoms with Crippen molar-refractivity contribution in [3.8, 4) is 0 Å². The van der Waals surface area contributed by atoms with Gasteiger partial charge in [-0.3, -0.25) is 4.98 Å². The van der Waals surface area contributed by atoms with Crippen molar-refractivity contribution in [2.24, 2.45) is 5.92 Å². The lowest BCUT2D eigenvalue weighted by Crippen LogP contribution is -1.87. The highest BCUT2D eigenvalue weighted by atomic mass is 79.9. The number of pyridine rings is 1. The predicted octanol–water partition coefficient (Wildman–Crippen LogP) is 2.58. The Morgan fingerprint density at radius 3 is 3.00 bits per heavy atom. The fourth-order valence-corrected chi connectivity index (χ4v) is 2.09. The number of halogens is 1. The molecule has 1 aromatic rings. The molecule has 2 atom stereocenters. The van der Waals surface area contributed by atoms with E-state index in [1.54, 1.807) is 0 Å². The van der Waals surface area contributed by atoms with Crippen LogP contribution in [0.4, 0.5) is 0 Å². The number of hydrogen-bond donors (Lipinski definition) is 0. The molecule has 0 bridgehead atoms. The average Bonchev–Trinajstić information content (AvgIpc) is 2.85. The number of alkyl halides is 1. The van der Waals surface area contributed by atoms with Crippen LogP contribution in [0.1, 0.15) is 18.0 Å². The van der Waals surface area contributed by atoms with Crippen LogP contribution < -0.4 is 0 Å². The van der Waals surface area contributed by atoms with Crippen LogP contribution in [0.15, 0.2) is 24.4 Å². The molecule has 2 unspecified atom stereocenters. The summed E-state index contributed by atoms with van der Waals surface area (Å²) in [5.41, 5.74) is 1.26. The van der Waals surface area contributed by atoms with Gasteiger partial charge in [0, 0.05) is 23.1 Å². The van der Waals surface area contributed by atoms with E-state index in [1.165, 1.54) is 12.1 Å². The number of nitrogens with zero attached hydrogens (tertiary/aromatic N) is 1. The Labute approximate surface area is 75.0 Å². The molecular formula is C9H10BrN. The molecule has 1 nitrogen and oxygen atoms in total. The van der Waals surface area contributed by atoms with Gasteiger partial charge in [0.15, 0.2) is 0 Å². The molecule has 1 aliphatic carbocycles. The number of aromatic nitrogens is 1. The topological polar surface area (TPSA) is 12.9 Å². The standard InChI is InChI=1S/C9H10BrN/c10-6-7-5-8(7)9-3-1-2-4-11-9/h1-4,7-8H,5-6H2. The van der Waals surface area contributed by atoms with E-state index in [9.17, 15) is 0 Å². The fraction of sp³-hybridized carbons (Fsp3) is 0.444. The minimum Gasteiger partial charge on any atom is -0.261 e. The highest BCUT2D eigenvalue weighted by molar-refractivity contribution is 9.09. The molecule has 0 radical (unpaired) electrons. The molecule has 0 saturated heterocycles. The predicted molar refractivity (Wildman–Crippen MR) is 48.9 cm³/mol. The third-order valence-corrected chi connectivity index (χ3v) is 3.02. The van der Waals surface area contributed by atoms with E-state index < -0.39 is 0 Å². The molecule has 0 N–H and O–H groups in total. The van der Waals surface area contributed by atoms with E-state index in [4.69, 9.17) is 0 Å². The van der Waals surface area contributed by atoms with E-state index in [1.807, 2.05) is 12.3 Å². The lowest BCUT2D eigenvalue weighted by atomic mass is 10.2. The second kappa shape index (κ2) is 2.94. The Hall–Kier alpha value is -0.370. The molecule has 0 aliphatic heterocycles. The van der Waals surface area contributed by atoms with Crippen molar-refractivity contribution in [1.82, 2.24) is 4.98 Å². The number of rotatable bonds is 2. The maximum atomic E-state index is 4.32. The summed E-state index contributed by atoms with van der Waals surface area (Å²) in [7, 11) is 0. The third-order valence-electron chi connectivity index (χ3n) is 2.19. The molecule has 0 spiro atoms. The molecule has 1 aromatic heterocycles. The van der Waals surface area contributed by atoms with Gasteiger partial charge in [-0.2, -0.15) is 0 Å². The van der Waals surface area contributed by atoms with Crippen molar-refractivity contribution >= 4 is 15.9 Å². The lowest BCUT2D eigenvalue weighted by Gasteiger charge is -1.94. The van der Waals surface area contributed by atoms with Crippen LogP contribution in [-0.4, -0.2) is 10.3 Å². The van der Waals surface area contributed by atoms with Crippen molar-refractivity contribution in [2.45, 2.75) is 12.3 Å². The molecule has 2 heteroatoms. The van der Waals surface area contributed by atoms with Crippen molar-refractivity contribution < 1.29 is 0 Å². The van der Waals surface area contributed by atoms with E-state index in [2.05, 4.69) is 33.0 Å². The molecule has 11 heavy (non-hydrogen) atoms. The Morgan fingerprint density at radius 2 is 2.45 bits per heavy atom. The van der Waals surface area contributed by atoms with E-state index in [0.29, 0.717) is 0 Å². The second-order valence-corrected chi connectivity index (χ2v) is 3.66. The normalized spacial score (nSPS) is 28.5. The van der Waals surface area contributed by atoms with Gasteiger partial charge in [0.2, 0.25) is 0 Å². The molecular weight excluding hydrogens is 202 g/mol. The van der Waals surface area contributed by atoms with Gasteiger partial charge in [-0.05, 0) is 24.5 Å². The zero-order valence-corrected chi connectivity index (χ0v) is 7.79. The largest absolute Gasteiger partial charge is 0.261 e.